The lowest BCUT2D eigenvalue weighted by Crippen LogP contribution is -2.47. The van der Waals surface area contributed by atoms with Crippen LogP contribution in [-0.2, 0) is 4.79 Å². The molecule has 148 valence electrons. The maximum Gasteiger partial charge on any atom is 0.260 e. The van der Waals surface area contributed by atoms with Crippen LogP contribution in [0.15, 0.2) is 53.0 Å². The number of amides is 2. The summed E-state index contributed by atoms with van der Waals surface area (Å²) in [7, 11) is 1.57. The van der Waals surface area contributed by atoms with E-state index in [1.165, 1.54) is 0 Å². The van der Waals surface area contributed by atoms with Crippen molar-refractivity contribution >= 4 is 27.7 Å². The van der Waals surface area contributed by atoms with E-state index < -0.39 is 0 Å². The van der Waals surface area contributed by atoms with Gasteiger partial charge in [-0.25, -0.2) is 0 Å². The molecule has 0 unspecified atom stereocenters. The van der Waals surface area contributed by atoms with Gasteiger partial charge in [-0.2, -0.15) is 0 Å². The van der Waals surface area contributed by atoms with E-state index in [2.05, 4.69) is 21.2 Å². The molecule has 2 aromatic rings. The molecule has 3 rings (SSSR count). The fourth-order valence-electron chi connectivity index (χ4n) is 3.14. The molecule has 1 fully saturated rings. The predicted molar refractivity (Wildman–Crippen MR) is 110 cm³/mol. The van der Waals surface area contributed by atoms with Gasteiger partial charge in [0.15, 0.2) is 18.1 Å². The molecule has 1 heterocycles. The van der Waals surface area contributed by atoms with Crippen molar-refractivity contribution < 1.29 is 19.1 Å². The van der Waals surface area contributed by atoms with Gasteiger partial charge in [-0.05, 0) is 43.2 Å². The van der Waals surface area contributed by atoms with Crippen LogP contribution in [0.4, 0.5) is 0 Å². The number of nitrogens with zero attached hydrogens (tertiary/aromatic N) is 1. The van der Waals surface area contributed by atoms with E-state index in [-0.39, 0.29) is 24.5 Å². The van der Waals surface area contributed by atoms with E-state index in [1.807, 2.05) is 24.3 Å². The molecule has 7 heteroatoms. The number of nitrogens with one attached hydrogen (secondary N) is 1. The van der Waals surface area contributed by atoms with Crippen molar-refractivity contribution in [3.63, 3.8) is 0 Å². The average molecular weight is 447 g/mol. The maximum absolute atomic E-state index is 12.4. The number of halogens is 1. The first-order valence-corrected chi connectivity index (χ1v) is 9.96. The van der Waals surface area contributed by atoms with E-state index >= 15 is 0 Å². The van der Waals surface area contributed by atoms with Crippen molar-refractivity contribution in [2.24, 2.45) is 0 Å². The number of ether oxygens (including phenoxy) is 2. The SMILES string of the molecule is COc1ccccc1OCC(=O)N1CCC(NC(=O)c2cccc(Br)c2)CC1. The number of piperidine rings is 1. The van der Waals surface area contributed by atoms with Crippen LogP contribution in [0.1, 0.15) is 23.2 Å². The third kappa shape index (κ3) is 5.25. The molecule has 0 aromatic heterocycles. The van der Waals surface area contributed by atoms with Crippen molar-refractivity contribution in [1.82, 2.24) is 10.2 Å². The monoisotopic (exact) mass is 446 g/mol. The first-order chi connectivity index (χ1) is 13.6. The second-order valence-electron chi connectivity index (χ2n) is 6.58. The summed E-state index contributed by atoms with van der Waals surface area (Å²) in [6, 6.07) is 14.6. The lowest BCUT2D eigenvalue weighted by molar-refractivity contribution is -0.134. The van der Waals surface area contributed by atoms with Gasteiger partial charge < -0.3 is 19.7 Å². The topological polar surface area (TPSA) is 67.9 Å². The fourth-order valence-corrected chi connectivity index (χ4v) is 3.54. The second-order valence-corrected chi connectivity index (χ2v) is 7.49. The number of carbonyl (C=O) groups is 2. The molecule has 1 aliphatic heterocycles. The molecule has 6 nitrogen and oxygen atoms in total. The molecule has 1 aliphatic rings. The minimum absolute atomic E-state index is 0.0323. The molecule has 2 aromatic carbocycles. The number of methoxy groups -OCH3 is 1. The Bertz CT molecular complexity index is 835. The number of rotatable bonds is 6. The van der Waals surface area contributed by atoms with Crippen LogP contribution in [-0.4, -0.2) is 49.6 Å². The maximum atomic E-state index is 12.4. The molecule has 0 bridgehead atoms. The van der Waals surface area contributed by atoms with Gasteiger partial charge in [0, 0.05) is 29.2 Å². The van der Waals surface area contributed by atoms with Crippen LogP contribution >= 0.6 is 15.9 Å². The van der Waals surface area contributed by atoms with Crippen molar-refractivity contribution in [3.8, 4) is 11.5 Å². The third-order valence-corrected chi connectivity index (χ3v) is 5.18. The Kier molecular flexibility index (Phi) is 6.92. The molecule has 0 atom stereocenters. The van der Waals surface area contributed by atoms with E-state index in [0.29, 0.717) is 30.2 Å². The second kappa shape index (κ2) is 9.59. The number of hydrogen-bond donors (Lipinski definition) is 1. The summed E-state index contributed by atoms with van der Waals surface area (Å²) in [5.74, 6) is 0.993. The summed E-state index contributed by atoms with van der Waals surface area (Å²) in [6.45, 7) is 1.16. The standard InChI is InChI=1S/C21H23BrN2O4/c1-27-18-7-2-3-8-19(18)28-14-20(25)24-11-9-17(10-12-24)23-21(26)15-5-4-6-16(22)13-15/h2-8,13,17H,9-12,14H2,1H3,(H,23,26). The van der Waals surface area contributed by atoms with Crippen molar-refractivity contribution in [1.29, 1.82) is 0 Å². The van der Waals surface area contributed by atoms with Crippen LogP contribution in [0.2, 0.25) is 0 Å². The third-order valence-electron chi connectivity index (χ3n) is 4.69. The number of hydrogen-bond acceptors (Lipinski definition) is 4. The van der Waals surface area contributed by atoms with Crippen molar-refractivity contribution in [2.45, 2.75) is 18.9 Å². The van der Waals surface area contributed by atoms with Crippen molar-refractivity contribution in [2.75, 3.05) is 26.8 Å². The molecule has 2 amide bonds. The number of para-hydroxylation sites is 2. The average Bonchev–Trinajstić information content (AvgIpc) is 2.72. The Hall–Kier alpha value is -2.54. The number of benzene rings is 2. The van der Waals surface area contributed by atoms with Gasteiger partial charge in [0.2, 0.25) is 0 Å². The van der Waals surface area contributed by atoms with E-state index in [1.54, 1.807) is 36.3 Å². The van der Waals surface area contributed by atoms with E-state index in [9.17, 15) is 9.59 Å². The summed E-state index contributed by atoms with van der Waals surface area (Å²) < 4.78 is 11.7. The van der Waals surface area contributed by atoms with Crippen LogP contribution in [0.3, 0.4) is 0 Å². The lowest BCUT2D eigenvalue weighted by atomic mass is 10.0. The summed E-state index contributed by atoms with van der Waals surface area (Å²) in [6.07, 6.45) is 1.44. The molecule has 0 spiro atoms. The van der Waals surface area contributed by atoms with Crippen LogP contribution in [0.25, 0.3) is 0 Å². The van der Waals surface area contributed by atoms with Gasteiger partial charge >= 0.3 is 0 Å². The Morgan fingerprint density at radius 1 is 1.11 bits per heavy atom. The summed E-state index contributed by atoms with van der Waals surface area (Å²) in [5, 5.41) is 3.05. The predicted octanol–water partition coefficient (Wildman–Crippen LogP) is 3.26. The highest BCUT2D eigenvalue weighted by atomic mass is 79.9. The minimum atomic E-state index is -0.0921. The number of carbonyl (C=O) groups excluding carboxylic acids is 2. The zero-order valence-electron chi connectivity index (χ0n) is 15.7. The molecule has 1 N–H and O–H groups in total. The van der Waals surface area contributed by atoms with Crippen LogP contribution in [0, 0.1) is 0 Å². The molecule has 1 saturated heterocycles. The smallest absolute Gasteiger partial charge is 0.260 e. The minimum Gasteiger partial charge on any atom is -0.493 e. The lowest BCUT2D eigenvalue weighted by Gasteiger charge is -2.32. The van der Waals surface area contributed by atoms with Crippen molar-refractivity contribution in [3.05, 3.63) is 58.6 Å². The first-order valence-electron chi connectivity index (χ1n) is 9.17. The van der Waals surface area contributed by atoms with Gasteiger partial charge in [0.1, 0.15) is 0 Å². The molecular formula is C21H23BrN2O4. The Labute approximate surface area is 172 Å². The molecule has 0 aliphatic carbocycles. The highest BCUT2D eigenvalue weighted by Crippen LogP contribution is 2.25. The van der Waals surface area contributed by atoms with Gasteiger partial charge in [-0.3, -0.25) is 9.59 Å². The molecular weight excluding hydrogens is 424 g/mol. The summed E-state index contributed by atoms with van der Waals surface area (Å²) >= 11 is 3.38. The first kappa shape index (κ1) is 20.2. The van der Waals surface area contributed by atoms with Gasteiger partial charge in [0.05, 0.1) is 7.11 Å². The largest absolute Gasteiger partial charge is 0.493 e. The number of likely N-dealkylation sites (tertiary alicyclic amines) is 1. The Balaban J connectivity index is 1.45. The fraction of sp³-hybridized carbons (Fsp3) is 0.333. The zero-order chi connectivity index (χ0) is 19.9. The van der Waals surface area contributed by atoms with Crippen LogP contribution in [0.5, 0.6) is 11.5 Å². The van der Waals surface area contributed by atoms with E-state index in [0.717, 1.165) is 17.3 Å². The zero-order valence-corrected chi connectivity index (χ0v) is 17.3. The Morgan fingerprint density at radius 2 is 1.82 bits per heavy atom. The molecule has 28 heavy (non-hydrogen) atoms. The highest BCUT2D eigenvalue weighted by Gasteiger charge is 2.24. The summed E-state index contributed by atoms with van der Waals surface area (Å²) in [5.41, 5.74) is 0.623. The normalized spacial score (nSPS) is 14.4. The van der Waals surface area contributed by atoms with E-state index in [4.69, 9.17) is 9.47 Å². The quantitative estimate of drug-likeness (QED) is 0.739. The van der Waals surface area contributed by atoms with Gasteiger partial charge in [-0.1, -0.05) is 34.1 Å². The molecule has 0 saturated carbocycles. The van der Waals surface area contributed by atoms with Gasteiger partial charge in [0.25, 0.3) is 11.8 Å². The Morgan fingerprint density at radius 3 is 2.50 bits per heavy atom. The van der Waals surface area contributed by atoms with Gasteiger partial charge in [-0.15, -0.1) is 0 Å². The van der Waals surface area contributed by atoms with Crippen LogP contribution < -0.4 is 14.8 Å². The summed E-state index contributed by atoms with van der Waals surface area (Å²) in [4.78, 5) is 26.6. The highest BCUT2D eigenvalue weighted by molar-refractivity contribution is 9.10. The molecule has 0 radical (unpaired) electrons.